The van der Waals surface area contributed by atoms with Crippen LogP contribution in [0.1, 0.15) is 196 Å². The number of carbonyl (C=O) groups is 12. The second kappa shape index (κ2) is 37.1. The number of halogens is 5. The summed E-state index contributed by atoms with van der Waals surface area (Å²) in [5, 5.41) is 7.61. The van der Waals surface area contributed by atoms with E-state index in [9.17, 15) is 46.7 Å². The molecule has 2 saturated heterocycles. The Kier molecular flexibility index (Phi) is 31.1. The van der Waals surface area contributed by atoms with Crippen LogP contribution in [-0.2, 0) is 57.5 Å². The van der Waals surface area contributed by atoms with Gasteiger partial charge >= 0.3 is 6.18 Å². The number of nitrogens with zero attached hydrogens (tertiary/aromatic N) is 9. The maximum atomic E-state index is 15.7. The molecule has 0 aromatic carbocycles. The van der Waals surface area contributed by atoms with Crippen molar-refractivity contribution >= 4 is 105 Å². The van der Waals surface area contributed by atoms with E-state index in [1.54, 1.807) is 13.8 Å². The highest BCUT2D eigenvalue weighted by Gasteiger charge is 2.52. The Bertz CT molecular complexity index is 2990. The first-order valence-corrected chi connectivity index (χ1v) is 39.0. The van der Waals surface area contributed by atoms with Gasteiger partial charge in [-0.2, -0.15) is 13.2 Å². The topological polar surface area (TPSA) is 270 Å². The Morgan fingerprint density at radius 2 is 1.18 bits per heavy atom. The molecule has 4 saturated carbocycles. The lowest BCUT2D eigenvalue weighted by Gasteiger charge is -2.45. The molecule has 3 unspecified atom stereocenters. The van der Waals surface area contributed by atoms with Crippen LogP contribution in [0.4, 0.5) is 13.2 Å². The lowest BCUT2D eigenvalue weighted by atomic mass is 9.78. The van der Waals surface area contributed by atoms with Crippen LogP contribution >= 0.6 is 34.2 Å². The Labute approximate surface area is 621 Å². The van der Waals surface area contributed by atoms with E-state index < -0.39 is 173 Å². The number of hydrogen-bond acceptors (Lipinski definition) is 12. The summed E-state index contributed by atoms with van der Waals surface area (Å²) in [6.45, 7) is 11.9. The first-order valence-electron chi connectivity index (χ1n) is 37.3. The standard InChI is InChI=1S/C73H119ClF3IN12O12/c1-17-43(4)60-69(100)85(12)46(7)64(95)90-36-33-54(90)68(99)87(14)56(39-48-23-21-42(3)22-24-48)67(98)83(10)41-58(91)79-53(32-28-47-27-31-51(52(74)37-47)73(75,76)77)65(96)86(13)55(38-49-25-29-50(78)30-26-49)63(94)81-72(34-19-20-35-72)71(102)89(16)61(44(5)18-2)70(101)88(15)57(66(97)82(8)9)40-59(92)84(11)45(6)62(93)80-60/h42-57,60-61H,17-41H2,1-16H3,(H,79,91)(H,80,93)(H,81,94)/t42?,43-,44-,45-,46-,47?,48?,49?,50?,51?,52?,53-,54-,55-,56-,57-,60-,61-/m0/s1. The quantitative estimate of drug-likeness (QED) is 0.132. The summed E-state index contributed by atoms with van der Waals surface area (Å²) in [5.41, 5.74) is -1.60. The normalized spacial score (nSPS) is 33.0. The Balaban J connectivity index is 1.45. The molecule has 3 N–H and O–H groups in total. The third-order valence-electron chi connectivity index (χ3n) is 24.1. The fourth-order valence-corrected chi connectivity index (χ4v) is 17.3. The van der Waals surface area contributed by atoms with Crippen LogP contribution in [0.3, 0.4) is 0 Å². The molecule has 29 heteroatoms. The van der Waals surface area contributed by atoms with Gasteiger partial charge in [0.2, 0.25) is 70.9 Å². The summed E-state index contributed by atoms with van der Waals surface area (Å²) in [5.74, 6) is -10.5. The van der Waals surface area contributed by atoms with Gasteiger partial charge in [-0.3, -0.25) is 57.5 Å². The molecule has 578 valence electrons. The van der Waals surface area contributed by atoms with Crippen LogP contribution in [0.25, 0.3) is 0 Å². The Morgan fingerprint density at radius 1 is 0.618 bits per heavy atom. The summed E-state index contributed by atoms with van der Waals surface area (Å²) in [6.07, 6.45) is 4.06. The zero-order valence-electron chi connectivity index (χ0n) is 63.4. The van der Waals surface area contributed by atoms with Crippen molar-refractivity contribution in [3.8, 4) is 0 Å². The molecule has 0 radical (unpaired) electrons. The summed E-state index contributed by atoms with van der Waals surface area (Å²) < 4.78 is 42.8. The molecular weight excluding hydrogens is 1460 g/mol. The molecule has 6 rings (SSSR count). The Morgan fingerprint density at radius 3 is 1.72 bits per heavy atom. The van der Waals surface area contributed by atoms with Crippen LogP contribution in [-0.4, -0.2) is 267 Å². The lowest BCUT2D eigenvalue weighted by molar-refractivity contribution is -0.182. The fourth-order valence-electron chi connectivity index (χ4n) is 16.1. The number of fused-ring (bicyclic) bond motifs is 1. The molecule has 12 amide bonds. The van der Waals surface area contributed by atoms with Crippen molar-refractivity contribution in [1.29, 1.82) is 0 Å². The van der Waals surface area contributed by atoms with Crippen molar-refractivity contribution in [2.24, 2.45) is 41.4 Å². The average molecular weight is 1580 g/mol. The number of likely N-dealkylation sites (N-methyl/N-ethyl adjacent to an activating group) is 8. The summed E-state index contributed by atoms with van der Waals surface area (Å²) in [4.78, 5) is 191. The molecule has 24 nitrogen and oxygen atoms in total. The Hall–Kier alpha value is -5.55. The predicted molar refractivity (Wildman–Crippen MR) is 390 cm³/mol. The lowest BCUT2D eigenvalue weighted by Crippen LogP contribution is -2.65. The predicted octanol–water partition coefficient (Wildman–Crippen LogP) is 7.00. The molecular formula is C73H119ClF3IN12O12. The van der Waals surface area contributed by atoms with E-state index >= 15 is 24.0 Å². The number of hydrogen-bond donors (Lipinski definition) is 3. The van der Waals surface area contributed by atoms with Gasteiger partial charge in [-0.15, -0.1) is 11.6 Å². The highest BCUT2D eigenvalue weighted by Crippen LogP contribution is 2.44. The van der Waals surface area contributed by atoms with E-state index in [0.717, 1.165) is 61.2 Å². The van der Waals surface area contributed by atoms with E-state index in [0.29, 0.717) is 35.5 Å². The first-order chi connectivity index (χ1) is 47.7. The molecule has 2 aliphatic heterocycles. The minimum atomic E-state index is -4.52. The molecule has 14 atom stereocenters. The molecule has 0 aromatic heterocycles. The monoisotopic (exact) mass is 1570 g/mol. The minimum absolute atomic E-state index is 0.0102. The third kappa shape index (κ3) is 20.7. The highest BCUT2D eigenvalue weighted by molar-refractivity contribution is 14.1. The highest BCUT2D eigenvalue weighted by atomic mass is 127. The van der Waals surface area contributed by atoms with Crippen molar-refractivity contribution in [3.05, 3.63) is 0 Å². The number of alkyl halides is 5. The van der Waals surface area contributed by atoms with Crippen molar-refractivity contribution in [2.75, 3.05) is 76.5 Å². The van der Waals surface area contributed by atoms with E-state index in [4.69, 9.17) is 11.6 Å². The molecule has 4 aliphatic carbocycles. The third-order valence-corrected chi connectivity index (χ3v) is 25.8. The van der Waals surface area contributed by atoms with E-state index in [-0.39, 0.29) is 88.5 Å². The van der Waals surface area contributed by atoms with Gasteiger partial charge in [0.1, 0.15) is 59.9 Å². The number of amides is 12. The molecule has 2 heterocycles. The van der Waals surface area contributed by atoms with Crippen LogP contribution in [0.5, 0.6) is 0 Å². The molecule has 1 spiro atoms. The van der Waals surface area contributed by atoms with Crippen LogP contribution in [0.15, 0.2) is 0 Å². The zero-order valence-corrected chi connectivity index (χ0v) is 66.3. The molecule has 6 fully saturated rings. The van der Waals surface area contributed by atoms with Gasteiger partial charge < -0.3 is 60.0 Å². The first kappa shape index (κ1) is 85.4. The number of rotatable bonds is 12. The van der Waals surface area contributed by atoms with E-state index in [2.05, 4.69) is 45.5 Å². The second-order valence-electron chi connectivity index (χ2n) is 31.3. The number of nitrogens with one attached hydrogen (secondary N) is 3. The maximum Gasteiger partial charge on any atom is 0.393 e. The van der Waals surface area contributed by atoms with Crippen LogP contribution in [0.2, 0.25) is 0 Å². The summed E-state index contributed by atoms with van der Waals surface area (Å²) in [7, 11) is 12.9. The van der Waals surface area contributed by atoms with E-state index in [1.165, 1.54) is 112 Å². The summed E-state index contributed by atoms with van der Waals surface area (Å²) in [6, 6.07) is -11.1. The molecule has 6 aliphatic rings. The van der Waals surface area contributed by atoms with Gasteiger partial charge in [0, 0.05) is 79.3 Å². The van der Waals surface area contributed by atoms with Crippen molar-refractivity contribution in [1.82, 2.24) is 60.0 Å². The van der Waals surface area contributed by atoms with Gasteiger partial charge in [0.25, 0.3) is 0 Å². The SMILES string of the molecule is CC[C@H](C)[C@@H]1NC(=O)[C@H](C)N(C)C(=O)C[C@@H](C(=O)N(C)C)N(C)C(=O)[C@H]([C@@H](C)CC)N(C)C(=O)C2(CCCC2)NC(=O)[C@H](CC2CCC(I)CC2)N(C)C(=O)[C@H](CCC2CCC(C(F)(F)F)C(Cl)C2)NC(=O)CN(C)C(=O)[C@H](CC2CCC(C)CC2)N(C)C(=O)[C@@H]2CCN2C(=O)[C@H](C)N(C)C1=O. The van der Waals surface area contributed by atoms with Gasteiger partial charge in [-0.25, -0.2) is 0 Å². The second-order valence-corrected chi connectivity index (χ2v) is 33.6. The zero-order chi connectivity index (χ0) is 76.3. The molecule has 0 aromatic rings. The van der Waals surface area contributed by atoms with Gasteiger partial charge in [-0.05, 0) is 139 Å². The summed E-state index contributed by atoms with van der Waals surface area (Å²) >= 11 is 8.87. The largest absolute Gasteiger partial charge is 0.393 e. The van der Waals surface area contributed by atoms with Crippen LogP contribution < -0.4 is 16.0 Å². The smallest absolute Gasteiger partial charge is 0.347 e. The van der Waals surface area contributed by atoms with Gasteiger partial charge in [0.05, 0.1) is 18.9 Å². The minimum Gasteiger partial charge on any atom is -0.347 e. The van der Waals surface area contributed by atoms with Crippen molar-refractivity contribution in [3.63, 3.8) is 0 Å². The van der Waals surface area contributed by atoms with Gasteiger partial charge in [-0.1, -0.05) is 109 Å². The van der Waals surface area contributed by atoms with Crippen molar-refractivity contribution < 1.29 is 70.7 Å². The van der Waals surface area contributed by atoms with Crippen LogP contribution in [0, 0.1) is 41.4 Å². The fraction of sp³-hybridized carbons (Fsp3) is 0.836. The van der Waals surface area contributed by atoms with E-state index in [1.807, 2.05) is 13.8 Å². The number of carbonyl (C=O) groups excluding carboxylic acids is 12. The van der Waals surface area contributed by atoms with Crippen molar-refractivity contribution in [2.45, 2.75) is 272 Å². The average Bonchev–Trinajstić information content (AvgIpc) is 1.18. The maximum absolute atomic E-state index is 15.7. The molecule has 102 heavy (non-hydrogen) atoms. The van der Waals surface area contributed by atoms with Gasteiger partial charge in [0.15, 0.2) is 0 Å². The molecule has 0 bridgehead atoms.